The van der Waals surface area contributed by atoms with Crippen molar-refractivity contribution in [1.82, 2.24) is 39.7 Å². The third kappa shape index (κ3) is 3.89. The molecule has 0 aliphatic carbocycles. The van der Waals surface area contributed by atoms with E-state index in [1.807, 2.05) is 0 Å². The Balaban J connectivity index is 1.60. The lowest BCUT2D eigenvalue weighted by atomic mass is 10.2. The first-order valence-electron chi connectivity index (χ1n) is 10.2. The Hall–Kier alpha value is -4.48. The van der Waals surface area contributed by atoms with Gasteiger partial charge >= 0.3 is 0 Å². The molecule has 5 heterocycles. The lowest BCUT2D eigenvalue weighted by Crippen LogP contribution is -2.24. The van der Waals surface area contributed by atoms with Crippen LogP contribution in [-0.2, 0) is 6.54 Å². The van der Waals surface area contributed by atoms with E-state index < -0.39 is 18.0 Å². The smallest absolute Gasteiger partial charge is 0.282 e. The van der Waals surface area contributed by atoms with E-state index in [0.717, 1.165) is 10.9 Å². The minimum absolute atomic E-state index is 0.175. The van der Waals surface area contributed by atoms with Crippen molar-refractivity contribution in [3.63, 3.8) is 0 Å². The quantitative estimate of drug-likeness (QED) is 0.409. The highest BCUT2D eigenvalue weighted by Crippen LogP contribution is 2.28. The lowest BCUT2D eigenvalue weighted by Gasteiger charge is -2.11. The Bertz CT molecular complexity index is 1490. The molecule has 0 aliphatic heterocycles. The molecule has 0 radical (unpaired) electrons. The second-order valence-electron chi connectivity index (χ2n) is 7.55. The van der Waals surface area contributed by atoms with Crippen molar-refractivity contribution >= 4 is 11.6 Å². The number of hydrogen-bond donors (Lipinski definition) is 1. The number of aromatic nitrogens is 7. The molecule has 1 N–H and O–H groups in total. The van der Waals surface area contributed by atoms with Gasteiger partial charge in [0.15, 0.2) is 11.4 Å². The van der Waals surface area contributed by atoms with E-state index in [-0.39, 0.29) is 17.8 Å². The maximum Gasteiger partial charge on any atom is 0.282 e. The van der Waals surface area contributed by atoms with Gasteiger partial charge in [0.2, 0.25) is 0 Å². The van der Waals surface area contributed by atoms with Gasteiger partial charge in [-0.25, -0.2) is 28.4 Å². The number of nitrogens with one attached hydrogen (secondary N) is 1. The molecule has 0 spiro atoms. The maximum atomic E-state index is 13.6. The van der Waals surface area contributed by atoms with Crippen LogP contribution < -0.4 is 5.32 Å². The van der Waals surface area contributed by atoms with Crippen LogP contribution in [0.15, 0.2) is 53.6 Å². The van der Waals surface area contributed by atoms with Gasteiger partial charge in [-0.05, 0) is 32.0 Å². The zero-order chi connectivity index (χ0) is 23.8. The molecular weight excluding hydrogens is 446 g/mol. The predicted octanol–water partition coefficient (Wildman–Crippen LogP) is 3.45. The molecular formula is C22H18F2N8O2. The summed E-state index contributed by atoms with van der Waals surface area (Å²) in [5, 5.41) is 10.2. The number of imidazole rings is 1. The molecule has 0 bridgehead atoms. The molecule has 5 rings (SSSR count). The average Bonchev–Trinajstić information content (AvgIpc) is 3.57. The van der Waals surface area contributed by atoms with Crippen molar-refractivity contribution in [3.8, 4) is 17.1 Å². The van der Waals surface area contributed by atoms with E-state index >= 15 is 0 Å². The Labute approximate surface area is 191 Å². The maximum absolute atomic E-state index is 13.6. The number of rotatable bonds is 6. The van der Waals surface area contributed by atoms with Crippen molar-refractivity contribution in [2.24, 2.45) is 0 Å². The van der Waals surface area contributed by atoms with E-state index in [2.05, 4.69) is 30.6 Å². The van der Waals surface area contributed by atoms with E-state index in [4.69, 9.17) is 4.42 Å². The monoisotopic (exact) mass is 464 g/mol. The second kappa shape index (κ2) is 8.46. The fraction of sp³-hybridized carbons (Fsp3) is 0.182. The summed E-state index contributed by atoms with van der Waals surface area (Å²) in [6.07, 6.45) is 4.51. The number of carbonyl (C=O) groups excluding carboxylic acids is 1. The van der Waals surface area contributed by atoms with Crippen LogP contribution in [-0.4, -0.2) is 40.3 Å². The standard InChI is InChI=1S/C22H18F2N8O2/c1-12-3-4-19(34-12)17-9-27-21-16(32-18(20(23)24)10-29-30-32)5-15(11-31(17)21)22(33)28-8-14-6-25-13(2)26-7-14/h3-7,9-11,20H,8H2,1-2H3,(H,28,33). The topological polar surface area (TPSA) is 116 Å². The number of alkyl halides is 2. The first kappa shape index (κ1) is 21.4. The number of carbonyl (C=O) groups is 1. The van der Waals surface area contributed by atoms with Crippen LogP contribution >= 0.6 is 0 Å². The normalized spacial score (nSPS) is 11.4. The number of furan rings is 1. The number of nitrogens with zero attached hydrogens (tertiary/aromatic N) is 7. The summed E-state index contributed by atoms with van der Waals surface area (Å²) >= 11 is 0. The van der Waals surface area contributed by atoms with Gasteiger partial charge in [0.25, 0.3) is 12.3 Å². The van der Waals surface area contributed by atoms with Crippen LogP contribution in [0.4, 0.5) is 8.78 Å². The average molecular weight is 464 g/mol. The number of halogens is 2. The fourth-order valence-electron chi connectivity index (χ4n) is 3.48. The number of fused-ring (bicyclic) bond motifs is 1. The van der Waals surface area contributed by atoms with Crippen LogP contribution in [0.2, 0.25) is 0 Å². The molecule has 5 aromatic heterocycles. The van der Waals surface area contributed by atoms with Crippen LogP contribution in [0.5, 0.6) is 0 Å². The molecule has 5 aromatic rings. The van der Waals surface area contributed by atoms with Gasteiger partial charge in [-0.1, -0.05) is 5.21 Å². The number of amides is 1. The van der Waals surface area contributed by atoms with Gasteiger partial charge in [-0.3, -0.25) is 9.20 Å². The van der Waals surface area contributed by atoms with Crippen molar-refractivity contribution in [2.75, 3.05) is 0 Å². The van der Waals surface area contributed by atoms with Crippen molar-refractivity contribution < 1.29 is 18.0 Å². The van der Waals surface area contributed by atoms with Crippen LogP contribution in [0.1, 0.15) is 39.6 Å². The molecule has 1 amide bonds. The van der Waals surface area contributed by atoms with E-state index in [1.54, 1.807) is 55.2 Å². The molecule has 34 heavy (non-hydrogen) atoms. The second-order valence-corrected chi connectivity index (χ2v) is 7.55. The molecule has 0 atom stereocenters. The Morgan fingerprint density at radius 1 is 1.12 bits per heavy atom. The molecule has 0 aromatic carbocycles. The van der Waals surface area contributed by atoms with Crippen LogP contribution in [0.3, 0.4) is 0 Å². The number of hydrogen-bond acceptors (Lipinski definition) is 7. The predicted molar refractivity (Wildman–Crippen MR) is 115 cm³/mol. The lowest BCUT2D eigenvalue weighted by molar-refractivity contribution is 0.0950. The molecule has 0 saturated carbocycles. The first-order chi connectivity index (χ1) is 16.4. The molecule has 172 valence electrons. The van der Waals surface area contributed by atoms with E-state index in [9.17, 15) is 13.6 Å². The minimum atomic E-state index is -2.82. The Kier molecular flexibility index (Phi) is 5.32. The Morgan fingerprint density at radius 2 is 1.91 bits per heavy atom. The summed E-state index contributed by atoms with van der Waals surface area (Å²) in [6.45, 7) is 3.75. The van der Waals surface area contributed by atoms with Gasteiger partial charge in [0.1, 0.15) is 28.7 Å². The SMILES string of the molecule is Cc1ncc(CNC(=O)c2cc(-n3nncc3C(F)F)c3ncc(-c4ccc(C)o4)n3c2)cn1. The zero-order valence-electron chi connectivity index (χ0n) is 18.1. The van der Waals surface area contributed by atoms with Gasteiger partial charge in [0, 0.05) is 30.7 Å². The third-order valence-corrected chi connectivity index (χ3v) is 5.16. The molecule has 0 aliphatic rings. The first-order valence-corrected chi connectivity index (χ1v) is 10.2. The minimum Gasteiger partial charge on any atom is -0.460 e. The largest absolute Gasteiger partial charge is 0.460 e. The summed E-state index contributed by atoms with van der Waals surface area (Å²) < 4.78 is 35.5. The van der Waals surface area contributed by atoms with Gasteiger partial charge in [-0.2, -0.15) is 0 Å². The van der Waals surface area contributed by atoms with Crippen molar-refractivity contribution in [1.29, 1.82) is 0 Å². The van der Waals surface area contributed by atoms with Crippen molar-refractivity contribution in [2.45, 2.75) is 26.8 Å². The third-order valence-electron chi connectivity index (χ3n) is 5.16. The fourth-order valence-corrected chi connectivity index (χ4v) is 3.48. The van der Waals surface area contributed by atoms with Gasteiger partial charge in [0.05, 0.1) is 18.0 Å². The summed E-state index contributed by atoms with van der Waals surface area (Å²) in [5.74, 6) is 1.39. The van der Waals surface area contributed by atoms with Gasteiger partial charge in [-0.15, -0.1) is 5.10 Å². The number of pyridine rings is 1. The van der Waals surface area contributed by atoms with Crippen molar-refractivity contribution in [3.05, 3.63) is 77.6 Å². The molecule has 0 fully saturated rings. The molecule has 12 heteroatoms. The zero-order valence-corrected chi connectivity index (χ0v) is 18.1. The van der Waals surface area contributed by atoms with Gasteiger partial charge < -0.3 is 9.73 Å². The highest BCUT2D eigenvalue weighted by Gasteiger charge is 2.22. The molecule has 10 nitrogen and oxygen atoms in total. The van der Waals surface area contributed by atoms with E-state index in [0.29, 0.717) is 34.2 Å². The highest BCUT2D eigenvalue weighted by molar-refractivity contribution is 5.95. The number of aryl methyl sites for hydroxylation is 2. The highest BCUT2D eigenvalue weighted by atomic mass is 19.3. The summed E-state index contributed by atoms with van der Waals surface area (Å²) in [4.78, 5) is 25.6. The van der Waals surface area contributed by atoms with Crippen LogP contribution in [0.25, 0.3) is 22.8 Å². The summed E-state index contributed by atoms with van der Waals surface area (Å²) in [5.41, 5.74) is 1.52. The summed E-state index contributed by atoms with van der Waals surface area (Å²) in [6, 6.07) is 5.01. The van der Waals surface area contributed by atoms with E-state index in [1.165, 1.54) is 6.07 Å². The molecule has 0 unspecified atom stereocenters. The Morgan fingerprint density at radius 3 is 2.62 bits per heavy atom. The summed E-state index contributed by atoms with van der Waals surface area (Å²) in [7, 11) is 0. The van der Waals surface area contributed by atoms with Crippen LogP contribution in [0, 0.1) is 13.8 Å². The molecule has 0 saturated heterocycles.